The van der Waals surface area contributed by atoms with Crippen molar-refractivity contribution in [2.45, 2.75) is 0 Å². The van der Waals surface area contributed by atoms with Crippen molar-refractivity contribution in [2.75, 3.05) is 0 Å². The number of rotatable bonds is 4. The van der Waals surface area contributed by atoms with Gasteiger partial charge in [-0.2, -0.15) is 0 Å². The van der Waals surface area contributed by atoms with Crippen molar-refractivity contribution in [1.29, 1.82) is 0 Å². The SMILES string of the molecule is c1ccc(-c2ccc3c(c2)oc2cc(-c4nc(-c5ccccc5)nc(-c5ccc6sc7ccccc7c6c5)n4)ccc23)cc1. The van der Waals surface area contributed by atoms with Gasteiger partial charge in [0.15, 0.2) is 17.5 Å². The lowest BCUT2D eigenvalue weighted by atomic mass is 10.0. The Balaban J connectivity index is 1.20. The lowest BCUT2D eigenvalue weighted by Gasteiger charge is -2.08. The largest absolute Gasteiger partial charge is 0.456 e. The molecule has 0 aliphatic carbocycles. The van der Waals surface area contributed by atoms with Crippen LogP contribution in [0.3, 0.4) is 0 Å². The summed E-state index contributed by atoms with van der Waals surface area (Å²) in [5.41, 5.74) is 6.73. The molecule has 0 saturated carbocycles. The maximum atomic E-state index is 6.42. The van der Waals surface area contributed by atoms with E-state index in [1.165, 1.54) is 20.2 Å². The predicted molar refractivity (Wildman–Crippen MR) is 182 cm³/mol. The normalized spacial score (nSPS) is 11.6. The molecule has 0 spiro atoms. The fourth-order valence-corrected chi connectivity index (χ4v) is 7.03. The maximum Gasteiger partial charge on any atom is 0.164 e. The van der Waals surface area contributed by atoms with Gasteiger partial charge >= 0.3 is 0 Å². The van der Waals surface area contributed by atoms with E-state index in [4.69, 9.17) is 19.4 Å². The highest BCUT2D eigenvalue weighted by molar-refractivity contribution is 7.25. The molecule has 0 saturated heterocycles. The minimum Gasteiger partial charge on any atom is -0.456 e. The van der Waals surface area contributed by atoms with Crippen LogP contribution >= 0.6 is 11.3 Å². The predicted octanol–water partition coefficient (Wildman–Crippen LogP) is 10.8. The first kappa shape index (κ1) is 24.9. The number of fused-ring (bicyclic) bond motifs is 6. The van der Waals surface area contributed by atoms with Gasteiger partial charge in [0.25, 0.3) is 0 Å². The van der Waals surface area contributed by atoms with Crippen LogP contribution < -0.4 is 0 Å². The number of thiophene rings is 1. The van der Waals surface area contributed by atoms with Crippen molar-refractivity contribution < 1.29 is 4.42 Å². The first-order chi connectivity index (χ1) is 21.8. The molecule has 0 unspecified atom stereocenters. The Labute approximate surface area is 256 Å². The van der Waals surface area contributed by atoms with E-state index in [-0.39, 0.29) is 0 Å². The second kappa shape index (κ2) is 9.97. The van der Waals surface area contributed by atoms with Crippen molar-refractivity contribution >= 4 is 53.4 Å². The van der Waals surface area contributed by atoms with Crippen LogP contribution in [0, 0.1) is 0 Å². The van der Waals surface area contributed by atoms with Gasteiger partial charge in [0.1, 0.15) is 11.2 Å². The molecule has 0 N–H and O–H groups in total. The van der Waals surface area contributed by atoms with Crippen LogP contribution in [-0.2, 0) is 0 Å². The molecule has 4 nitrogen and oxygen atoms in total. The molecule has 9 rings (SSSR count). The average molecular weight is 582 g/mol. The van der Waals surface area contributed by atoms with Gasteiger partial charge in [0.2, 0.25) is 0 Å². The molecule has 0 bridgehead atoms. The zero-order valence-electron chi connectivity index (χ0n) is 23.4. The maximum absolute atomic E-state index is 6.42. The van der Waals surface area contributed by atoms with Crippen LogP contribution in [0.5, 0.6) is 0 Å². The van der Waals surface area contributed by atoms with E-state index in [9.17, 15) is 0 Å². The Morgan fingerprint density at radius 1 is 0.364 bits per heavy atom. The molecule has 0 radical (unpaired) electrons. The molecule has 5 heteroatoms. The van der Waals surface area contributed by atoms with Crippen LogP contribution in [0.15, 0.2) is 144 Å². The summed E-state index contributed by atoms with van der Waals surface area (Å²) in [6.45, 7) is 0. The smallest absolute Gasteiger partial charge is 0.164 e. The molecule has 0 aliphatic heterocycles. The van der Waals surface area contributed by atoms with E-state index in [0.29, 0.717) is 17.5 Å². The molecule has 6 aromatic carbocycles. The number of hydrogen-bond acceptors (Lipinski definition) is 5. The summed E-state index contributed by atoms with van der Waals surface area (Å²) in [6, 6.07) is 48.1. The van der Waals surface area contributed by atoms with E-state index in [0.717, 1.165) is 49.8 Å². The minimum atomic E-state index is 0.608. The number of benzene rings is 6. The molecule has 0 fully saturated rings. The van der Waals surface area contributed by atoms with Gasteiger partial charge in [0.05, 0.1) is 0 Å². The number of aromatic nitrogens is 3. The van der Waals surface area contributed by atoms with Crippen molar-refractivity contribution in [3.8, 4) is 45.3 Å². The molecule has 9 aromatic rings. The summed E-state index contributed by atoms with van der Waals surface area (Å²) in [5, 5.41) is 4.61. The third kappa shape index (κ3) is 4.17. The third-order valence-corrected chi connectivity index (χ3v) is 9.29. The molecule has 3 heterocycles. The molecule has 206 valence electrons. The van der Waals surface area contributed by atoms with E-state index >= 15 is 0 Å². The molecule has 0 amide bonds. The zero-order chi connectivity index (χ0) is 29.0. The Morgan fingerprint density at radius 2 is 0.886 bits per heavy atom. The monoisotopic (exact) mass is 581 g/mol. The molecular weight excluding hydrogens is 559 g/mol. The van der Waals surface area contributed by atoms with Crippen LogP contribution in [0.1, 0.15) is 0 Å². The van der Waals surface area contributed by atoms with Crippen molar-refractivity contribution in [3.05, 3.63) is 140 Å². The second-order valence-electron chi connectivity index (χ2n) is 10.9. The fraction of sp³-hybridized carbons (Fsp3) is 0. The van der Waals surface area contributed by atoms with Gasteiger partial charge in [-0.25, -0.2) is 15.0 Å². The highest BCUT2D eigenvalue weighted by atomic mass is 32.1. The van der Waals surface area contributed by atoms with Gasteiger partial charge in [-0.05, 0) is 59.7 Å². The van der Waals surface area contributed by atoms with Gasteiger partial charge in [-0.1, -0.05) is 91.0 Å². The number of furan rings is 1. The zero-order valence-corrected chi connectivity index (χ0v) is 24.3. The quantitative estimate of drug-likeness (QED) is 0.207. The van der Waals surface area contributed by atoms with E-state index < -0.39 is 0 Å². The summed E-state index contributed by atoms with van der Waals surface area (Å²) in [4.78, 5) is 14.9. The molecule has 0 atom stereocenters. The first-order valence-corrected chi connectivity index (χ1v) is 15.3. The summed E-state index contributed by atoms with van der Waals surface area (Å²) >= 11 is 1.80. The molecular formula is C39H23N3OS. The van der Waals surface area contributed by atoms with Crippen LogP contribution in [0.25, 0.3) is 87.4 Å². The van der Waals surface area contributed by atoms with Crippen LogP contribution in [-0.4, -0.2) is 15.0 Å². The van der Waals surface area contributed by atoms with Crippen molar-refractivity contribution in [2.24, 2.45) is 0 Å². The van der Waals surface area contributed by atoms with Crippen molar-refractivity contribution in [1.82, 2.24) is 15.0 Å². The fourth-order valence-electron chi connectivity index (χ4n) is 5.94. The van der Waals surface area contributed by atoms with Gasteiger partial charge in [0, 0.05) is 47.6 Å². The standard InChI is InChI=1S/C39H23N3OS/c1-3-9-24(10-4-1)26-15-18-29-30-19-16-28(23-34(30)43-33(29)22-26)39-41-37(25-11-5-2-6-12-25)40-38(42-39)27-17-20-36-32(21-27)31-13-7-8-14-35(31)44-36/h1-23H. The topological polar surface area (TPSA) is 51.8 Å². The Hall–Kier alpha value is -5.65. The Bertz CT molecular complexity index is 2500. The summed E-state index contributed by atoms with van der Waals surface area (Å²) in [7, 11) is 0. The van der Waals surface area contributed by atoms with Gasteiger partial charge in [-0.3, -0.25) is 0 Å². The summed E-state index contributed by atoms with van der Waals surface area (Å²) in [6.07, 6.45) is 0. The molecule has 0 aliphatic rings. The van der Waals surface area contributed by atoms with Crippen molar-refractivity contribution in [3.63, 3.8) is 0 Å². The highest BCUT2D eigenvalue weighted by Gasteiger charge is 2.16. The molecule has 3 aromatic heterocycles. The van der Waals surface area contributed by atoms with E-state index in [1.807, 2.05) is 42.5 Å². The van der Waals surface area contributed by atoms with Crippen LogP contribution in [0.4, 0.5) is 0 Å². The van der Waals surface area contributed by atoms with E-state index in [1.54, 1.807) is 11.3 Å². The summed E-state index contributed by atoms with van der Waals surface area (Å²) in [5.74, 6) is 1.89. The van der Waals surface area contributed by atoms with Gasteiger partial charge in [-0.15, -0.1) is 11.3 Å². The van der Waals surface area contributed by atoms with Crippen LogP contribution in [0.2, 0.25) is 0 Å². The lowest BCUT2D eigenvalue weighted by Crippen LogP contribution is -2.00. The number of hydrogen-bond donors (Lipinski definition) is 0. The number of nitrogens with zero attached hydrogens (tertiary/aromatic N) is 3. The second-order valence-corrected chi connectivity index (χ2v) is 12.0. The molecule has 44 heavy (non-hydrogen) atoms. The Morgan fingerprint density at radius 3 is 1.61 bits per heavy atom. The average Bonchev–Trinajstić information content (AvgIpc) is 3.66. The minimum absolute atomic E-state index is 0.608. The highest BCUT2D eigenvalue weighted by Crippen LogP contribution is 2.37. The Kier molecular flexibility index (Phi) is 5.64. The third-order valence-electron chi connectivity index (χ3n) is 8.14. The summed E-state index contributed by atoms with van der Waals surface area (Å²) < 4.78 is 8.94. The lowest BCUT2D eigenvalue weighted by molar-refractivity contribution is 0.669. The van der Waals surface area contributed by atoms with Gasteiger partial charge < -0.3 is 4.42 Å². The first-order valence-electron chi connectivity index (χ1n) is 14.5. The van der Waals surface area contributed by atoms with E-state index in [2.05, 4.69) is 97.1 Å².